The molecule has 31 nitrogen and oxygen atoms in total. The summed E-state index contributed by atoms with van der Waals surface area (Å²) in [5.41, 5.74) is -4.14. The van der Waals surface area contributed by atoms with E-state index in [0.717, 1.165) is 46.5 Å². The first-order valence-corrected chi connectivity index (χ1v) is 28.3. The van der Waals surface area contributed by atoms with Gasteiger partial charge in [0, 0.05) is 27.5 Å². The molecule has 0 saturated heterocycles. The van der Waals surface area contributed by atoms with Crippen LogP contribution in [0.25, 0.3) is 27.7 Å². The van der Waals surface area contributed by atoms with Crippen molar-refractivity contribution in [3.8, 4) is 22.0 Å². The summed E-state index contributed by atoms with van der Waals surface area (Å²) in [5, 5.41) is 125. The standard InChI is InChI=1S/C52H48N16O15S4/c1-19(38(70)55-20(2)41(73)60-25(7)52(80)81)54-39(71)21(3)56-43(75)28-11-10-27-37(62-28)29-13-82-48(64-29)23(5)58-40(72)22(4)57-45(77)32-17-86-50(66-32)24(6)59-44(76)31-16-85-35(61-31)12-53-42(74)30-14-83-49(65-30)34(15-84-9)63-47(79)36(26(8)69)68-46(78)33-18-87-51(27)67-33/h10-11,13-14,16-18,24,26,34,36,69H,1-5,7,12,15H2,6,8-9H3,(H,53,74)(H,54,71)(H,55,70)(H,56,75)(H,57,77)(H,58,72)(H,59,76)(H,60,73)(H,63,79)(H,68,78)(H,80,81)/t24-,26+,34+,36+/m0/s1. The van der Waals surface area contributed by atoms with Crippen molar-refractivity contribution in [1.82, 2.24) is 35.2 Å². The third-order valence-corrected chi connectivity index (χ3v) is 14.4. The fourth-order valence-corrected chi connectivity index (χ4v) is 9.55. The molecule has 1 aliphatic rings. The van der Waals surface area contributed by atoms with E-state index in [1.807, 2.05) is 0 Å². The number of hydrogen-bond acceptors (Lipinski definition) is 24. The summed E-state index contributed by atoms with van der Waals surface area (Å²) in [4.78, 5) is 86.4. The van der Waals surface area contributed by atoms with Gasteiger partial charge in [0.2, 0.25) is 64.9 Å². The van der Waals surface area contributed by atoms with Gasteiger partial charge in [-0.15, -0.1) is 34.0 Å². The fraction of sp³-hybridized carbons (Fsp3) is 0.173. The summed E-state index contributed by atoms with van der Waals surface area (Å²) in [7, 11) is 0. The van der Waals surface area contributed by atoms with Crippen LogP contribution in [0.4, 0.5) is 0 Å². The van der Waals surface area contributed by atoms with Gasteiger partial charge in [-0.25, -0.2) is 79.6 Å². The average Bonchev–Trinajstić information content (AvgIpc) is 2.00. The predicted octanol–water partition coefficient (Wildman–Crippen LogP) is 7.94. The van der Waals surface area contributed by atoms with Gasteiger partial charge < -0.3 is 70.3 Å². The summed E-state index contributed by atoms with van der Waals surface area (Å²) >= 11 is 4.41. The molecule has 6 aromatic heterocycles. The molecule has 0 spiro atoms. The van der Waals surface area contributed by atoms with E-state index >= 15 is 0 Å². The van der Waals surface area contributed by atoms with E-state index in [1.54, 1.807) is 13.2 Å². The molecule has 10 bridgehead atoms. The Kier molecular flexibility index (Phi) is 20.5. The number of pyridine rings is 1. The van der Waals surface area contributed by atoms with Crippen LogP contribution in [0, 0.1) is 0 Å². The Bertz CT molecular complexity index is 4060. The van der Waals surface area contributed by atoms with Gasteiger partial charge in [0.15, 0.2) is 11.7 Å². The van der Waals surface area contributed by atoms with E-state index in [4.69, 9.17) is 13.9 Å². The number of aliphatic hydroxyl groups excluding tert-OH is 10. The summed E-state index contributed by atoms with van der Waals surface area (Å²) in [5.74, 6) is -9.94. The van der Waals surface area contributed by atoms with Gasteiger partial charge in [0.05, 0.1) is 18.3 Å². The second kappa shape index (κ2) is 27.8. The van der Waals surface area contributed by atoms with Crippen LogP contribution in [0.15, 0.2) is 163 Å². The number of fused-ring (bicyclic) bond motifs is 13. The first-order valence-electron chi connectivity index (χ1n) is 24.3. The van der Waals surface area contributed by atoms with Crippen molar-refractivity contribution in [2.45, 2.75) is 44.6 Å². The van der Waals surface area contributed by atoms with E-state index in [2.05, 4.69) is 120 Å². The molecular formula is C52H48N16O15S4. The lowest BCUT2D eigenvalue weighted by Gasteiger charge is -2.16. The zero-order valence-corrected chi connectivity index (χ0v) is 48.7. The molecule has 0 aliphatic carbocycles. The lowest BCUT2D eigenvalue weighted by Crippen LogP contribution is -2.32. The minimum atomic E-state index is -1.59. The SMILES string of the molecule is C=C(N=C(O)C(=C)N=C(O)C(=C)N=C(O)C(=C)NC(=O)c1ccc2c(n1)-c1coc(n1)C(=C)N=C(O)C(=C)N=C(O)c1csc(n1)[C@H](C)N=C(O)c1csc(n1)CN=C(O)c1coc(n1)[C@@H](CSC)N=C(O)[C@@H]([C@@H](C)O)N=C(O)c1csc-2n1)C(=O)O. The maximum absolute atomic E-state index is 13.8. The zero-order valence-electron chi connectivity index (χ0n) is 45.4. The number of aliphatic imine (C=N–C) groups is 9. The number of hydrogen-bond donors (Lipinski definition) is 12. The highest BCUT2D eigenvalue weighted by molar-refractivity contribution is 7.98. The highest BCUT2D eigenvalue weighted by Crippen LogP contribution is 2.34. The number of carbonyl (C=O) groups excluding carboxylic acids is 1. The zero-order chi connectivity index (χ0) is 63.6. The van der Waals surface area contributed by atoms with Crippen LogP contribution in [0.2, 0.25) is 0 Å². The van der Waals surface area contributed by atoms with Gasteiger partial charge in [0.25, 0.3) is 5.91 Å². The second-order valence-electron chi connectivity index (χ2n) is 17.5. The molecule has 0 aromatic carbocycles. The van der Waals surface area contributed by atoms with Gasteiger partial charge in [-0.05, 0) is 32.2 Å². The van der Waals surface area contributed by atoms with E-state index < -0.39 is 118 Å². The van der Waals surface area contributed by atoms with E-state index in [9.17, 15) is 60.7 Å². The van der Waals surface area contributed by atoms with Crippen LogP contribution in [-0.4, -0.2) is 175 Å². The number of aliphatic hydroxyl groups is 10. The van der Waals surface area contributed by atoms with Crippen LogP contribution >= 0.6 is 45.8 Å². The molecule has 35 heteroatoms. The monoisotopic (exact) mass is 1260 g/mol. The van der Waals surface area contributed by atoms with Crippen LogP contribution in [-0.2, 0) is 11.3 Å². The van der Waals surface area contributed by atoms with E-state index in [-0.39, 0.29) is 80.2 Å². The van der Waals surface area contributed by atoms with Crippen molar-refractivity contribution < 1.29 is 74.6 Å². The van der Waals surface area contributed by atoms with Crippen LogP contribution in [0.1, 0.15) is 81.0 Å². The molecule has 7 heterocycles. The van der Waals surface area contributed by atoms with Crippen molar-refractivity contribution in [3.05, 3.63) is 159 Å². The third kappa shape index (κ3) is 16.0. The molecule has 1 amide bonds. The van der Waals surface area contributed by atoms with Crippen LogP contribution in [0.3, 0.4) is 0 Å². The average molecular weight is 1270 g/mol. The number of thiazole rings is 3. The molecule has 87 heavy (non-hydrogen) atoms. The summed E-state index contributed by atoms with van der Waals surface area (Å²) in [6, 6.07) is -0.787. The summed E-state index contributed by atoms with van der Waals surface area (Å²) in [6.07, 6.45) is 2.47. The van der Waals surface area contributed by atoms with Crippen LogP contribution < -0.4 is 5.32 Å². The van der Waals surface area contributed by atoms with Gasteiger partial charge in [-0.2, -0.15) is 11.8 Å². The number of oxazole rings is 2. The number of rotatable bonds is 12. The predicted molar refractivity (Wildman–Crippen MR) is 327 cm³/mol. The van der Waals surface area contributed by atoms with Gasteiger partial charge in [-0.1, -0.05) is 39.5 Å². The summed E-state index contributed by atoms with van der Waals surface area (Å²) < 4.78 is 11.3. The number of carboxylic acids is 1. The second-order valence-corrected chi connectivity index (χ2v) is 21.1. The van der Waals surface area contributed by atoms with Crippen molar-refractivity contribution in [2.75, 3.05) is 12.0 Å². The first-order chi connectivity index (χ1) is 41.2. The van der Waals surface area contributed by atoms with Gasteiger partial charge >= 0.3 is 5.97 Å². The molecular weight excluding hydrogens is 1220 g/mol. The lowest BCUT2D eigenvalue weighted by molar-refractivity contribution is -0.132. The fourth-order valence-electron chi connectivity index (χ4n) is 6.71. The maximum atomic E-state index is 13.8. The van der Waals surface area contributed by atoms with Crippen molar-refractivity contribution in [2.24, 2.45) is 44.9 Å². The van der Waals surface area contributed by atoms with Crippen LogP contribution in [0.5, 0.6) is 0 Å². The lowest BCUT2D eigenvalue weighted by atomic mass is 10.1. The molecule has 0 fully saturated rings. The van der Waals surface area contributed by atoms with Crippen molar-refractivity contribution in [3.63, 3.8) is 0 Å². The highest BCUT2D eigenvalue weighted by atomic mass is 32.2. The topological polar surface area (TPSA) is 484 Å². The summed E-state index contributed by atoms with van der Waals surface area (Å²) in [6.45, 7) is 23.7. The number of aromatic nitrogens is 6. The Balaban J connectivity index is 1.25. The number of carboxylic acid groups (broad SMARTS) is 1. The molecule has 4 atom stereocenters. The molecule has 450 valence electrons. The maximum Gasteiger partial charge on any atom is 0.354 e. The number of carbonyl (C=O) groups is 2. The minimum Gasteiger partial charge on any atom is -0.495 e. The largest absolute Gasteiger partial charge is 0.495 e. The third-order valence-electron chi connectivity index (χ3n) is 11.0. The normalized spacial score (nSPS) is 17.3. The molecule has 12 N–H and O–H groups in total. The number of nitrogens with zero attached hydrogens (tertiary/aromatic N) is 15. The number of nitrogens with one attached hydrogen (secondary N) is 1. The number of amides is 1. The molecule has 1 aliphatic heterocycles. The minimum absolute atomic E-state index is 0.0470. The first kappa shape index (κ1) is 64.0. The van der Waals surface area contributed by atoms with E-state index in [1.165, 1.54) is 47.0 Å². The van der Waals surface area contributed by atoms with Crippen molar-refractivity contribution in [1.29, 1.82) is 0 Å². The highest BCUT2D eigenvalue weighted by Gasteiger charge is 2.28. The smallest absolute Gasteiger partial charge is 0.354 e. The van der Waals surface area contributed by atoms with Gasteiger partial charge in [-0.3, -0.25) is 4.79 Å². The molecule has 0 unspecified atom stereocenters. The molecule has 0 radical (unpaired) electrons. The Morgan fingerprint density at radius 1 is 0.701 bits per heavy atom. The Morgan fingerprint density at radius 2 is 1.32 bits per heavy atom. The number of thioether (sulfide) groups is 1. The Morgan fingerprint density at radius 3 is 2.01 bits per heavy atom. The Labute approximate surface area is 506 Å². The molecule has 0 saturated carbocycles. The molecule has 7 rings (SSSR count). The Hall–Kier alpha value is -10.6. The van der Waals surface area contributed by atoms with Crippen molar-refractivity contribution >= 4 is 116 Å². The van der Waals surface area contributed by atoms with Gasteiger partial charge in [0.1, 0.15) is 102 Å². The van der Waals surface area contributed by atoms with E-state index in [0.29, 0.717) is 10.0 Å². The quantitative estimate of drug-likeness (QED) is 0.0314. The molecule has 6 aromatic rings. The number of aliphatic carboxylic acids is 1.